The van der Waals surface area contributed by atoms with Crippen LogP contribution in [0.25, 0.3) is 5.65 Å². The highest BCUT2D eigenvalue weighted by molar-refractivity contribution is 5.74. The Bertz CT molecular complexity index is 1010. The molecule has 1 aromatic carbocycles. The molecular formula is C20H20N2O4. The fourth-order valence-corrected chi connectivity index (χ4v) is 2.54. The molecule has 6 heteroatoms. The van der Waals surface area contributed by atoms with Crippen molar-refractivity contribution in [1.82, 2.24) is 9.38 Å². The Morgan fingerprint density at radius 1 is 1.15 bits per heavy atom. The van der Waals surface area contributed by atoms with Crippen LogP contribution in [-0.4, -0.2) is 21.5 Å². The number of carbonyl (C=O) groups is 1. The van der Waals surface area contributed by atoms with Crippen LogP contribution in [-0.2, 0) is 16.1 Å². The number of aryl methyl sites for hydroxylation is 2. The first-order valence-corrected chi connectivity index (χ1v) is 8.31. The normalized spacial score (nSPS) is 12.0. The number of nitrogens with zero attached hydrogens (tertiary/aromatic N) is 2. The molecule has 2 aromatic heterocycles. The van der Waals surface area contributed by atoms with E-state index in [2.05, 4.69) is 4.98 Å². The Labute approximate surface area is 151 Å². The third kappa shape index (κ3) is 4.08. The van der Waals surface area contributed by atoms with E-state index in [1.165, 1.54) is 10.5 Å². The summed E-state index contributed by atoms with van der Waals surface area (Å²) < 4.78 is 12.3. The number of hydrogen-bond donors (Lipinski definition) is 0. The molecule has 0 spiro atoms. The number of aromatic nitrogens is 2. The Kier molecular flexibility index (Phi) is 5.02. The molecule has 0 amide bonds. The van der Waals surface area contributed by atoms with Gasteiger partial charge >= 0.3 is 5.97 Å². The molecule has 0 radical (unpaired) electrons. The molecule has 26 heavy (non-hydrogen) atoms. The molecular weight excluding hydrogens is 332 g/mol. The molecule has 0 unspecified atom stereocenters. The van der Waals surface area contributed by atoms with Gasteiger partial charge in [0.25, 0.3) is 5.56 Å². The fraction of sp³-hybridized carbons (Fsp3) is 0.250. The van der Waals surface area contributed by atoms with Crippen LogP contribution in [0.15, 0.2) is 53.5 Å². The fourth-order valence-electron chi connectivity index (χ4n) is 2.54. The average molecular weight is 352 g/mol. The van der Waals surface area contributed by atoms with Crippen LogP contribution in [0.1, 0.15) is 23.7 Å². The lowest BCUT2D eigenvalue weighted by Crippen LogP contribution is -2.26. The average Bonchev–Trinajstić information content (AvgIpc) is 2.60. The van der Waals surface area contributed by atoms with Crippen LogP contribution >= 0.6 is 0 Å². The first-order valence-electron chi connectivity index (χ1n) is 8.31. The first kappa shape index (κ1) is 17.7. The summed E-state index contributed by atoms with van der Waals surface area (Å²) in [7, 11) is 0. The van der Waals surface area contributed by atoms with Crippen molar-refractivity contribution >= 4 is 11.6 Å². The van der Waals surface area contributed by atoms with Gasteiger partial charge in [-0.05, 0) is 50.1 Å². The summed E-state index contributed by atoms with van der Waals surface area (Å²) >= 11 is 0. The van der Waals surface area contributed by atoms with Gasteiger partial charge in [0.15, 0.2) is 6.10 Å². The standard InChI is InChI=1S/C20H20N2O4/c1-13-5-4-6-17(9-13)26-15(3)20(24)25-12-16-10-19(23)22-11-14(2)7-8-18(22)21-16/h4-11,15H,12H2,1-3H3/t15-/m0/s1. The molecule has 0 saturated carbocycles. The molecule has 134 valence electrons. The molecule has 0 bridgehead atoms. The van der Waals surface area contributed by atoms with Crippen molar-refractivity contribution < 1.29 is 14.3 Å². The molecule has 0 N–H and O–H groups in total. The van der Waals surface area contributed by atoms with Crippen LogP contribution in [0.4, 0.5) is 0 Å². The van der Waals surface area contributed by atoms with E-state index < -0.39 is 12.1 Å². The van der Waals surface area contributed by atoms with Gasteiger partial charge in [0, 0.05) is 12.3 Å². The smallest absolute Gasteiger partial charge is 0.347 e. The van der Waals surface area contributed by atoms with Gasteiger partial charge in [0.1, 0.15) is 18.0 Å². The van der Waals surface area contributed by atoms with Gasteiger partial charge in [-0.2, -0.15) is 0 Å². The van der Waals surface area contributed by atoms with E-state index in [0.717, 1.165) is 11.1 Å². The van der Waals surface area contributed by atoms with Crippen LogP contribution < -0.4 is 10.3 Å². The molecule has 0 fully saturated rings. The van der Waals surface area contributed by atoms with Crippen molar-refractivity contribution in [1.29, 1.82) is 0 Å². The van der Waals surface area contributed by atoms with Crippen molar-refractivity contribution in [2.24, 2.45) is 0 Å². The topological polar surface area (TPSA) is 69.9 Å². The molecule has 3 aromatic rings. The highest BCUT2D eigenvalue weighted by Crippen LogP contribution is 2.15. The zero-order valence-electron chi connectivity index (χ0n) is 14.9. The number of rotatable bonds is 5. The minimum Gasteiger partial charge on any atom is -0.479 e. The second-order valence-electron chi connectivity index (χ2n) is 6.20. The van der Waals surface area contributed by atoms with Gasteiger partial charge in [-0.3, -0.25) is 9.20 Å². The molecule has 1 atom stereocenters. The van der Waals surface area contributed by atoms with Gasteiger partial charge in [-0.15, -0.1) is 0 Å². The summed E-state index contributed by atoms with van der Waals surface area (Å²) in [5.41, 5.74) is 2.70. The summed E-state index contributed by atoms with van der Waals surface area (Å²) in [5.74, 6) is 0.0873. The maximum Gasteiger partial charge on any atom is 0.347 e. The summed E-state index contributed by atoms with van der Waals surface area (Å²) in [4.78, 5) is 28.7. The molecule has 0 aliphatic rings. The third-order valence-electron chi connectivity index (χ3n) is 3.86. The number of esters is 1. The lowest BCUT2D eigenvalue weighted by Gasteiger charge is -2.14. The highest BCUT2D eigenvalue weighted by atomic mass is 16.6. The van der Waals surface area contributed by atoms with Gasteiger partial charge in [-0.1, -0.05) is 18.2 Å². The van der Waals surface area contributed by atoms with Gasteiger partial charge in [0.2, 0.25) is 0 Å². The predicted octanol–water partition coefficient (Wildman–Crippen LogP) is 2.82. The third-order valence-corrected chi connectivity index (χ3v) is 3.86. The number of carbonyl (C=O) groups excluding carboxylic acids is 1. The molecule has 3 rings (SSSR count). The van der Waals surface area contributed by atoms with Crippen LogP contribution in [0, 0.1) is 13.8 Å². The second-order valence-corrected chi connectivity index (χ2v) is 6.20. The maximum absolute atomic E-state index is 12.2. The Balaban J connectivity index is 1.66. The van der Waals surface area contributed by atoms with Gasteiger partial charge in [0.05, 0.1) is 5.69 Å². The second kappa shape index (κ2) is 7.39. The zero-order valence-corrected chi connectivity index (χ0v) is 14.9. The molecule has 0 aliphatic heterocycles. The molecule has 2 heterocycles. The highest BCUT2D eigenvalue weighted by Gasteiger charge is 2.17. The Hall–Kier alpha value is -3.15. The number of fused-ring (bicyclic) bond motifs is 1. The maximum atomic E-state index is 12.2. The number of ether oxygens (including phenoxy) is 2. The van der Waals surface area contributed by atoms with E-state index in [1.807, 2.05) is 38.1 Å². The van der Waals surface area contributed by atoms with Crippen LogP contribution in [0.2, 0.25) is 0 Å². The van der Waals surface area contributed by atoms with E-state index >= 15 is 0 Å². The van der Waals surface area contributed by atoms with E-state index in [-0.39, 0.29) is 12.2 Å². The minimum atomic E-state index is -0.763. The number of benzene rings is 1. The number of pyridine rings is 1. The van der Waals surface area contributed by atoms with Gasteiger partial charge < -0.3 is 9.47 Å². The Morgan fingerprint density at radius 3 is 2.73 bits per heavy atom. The summed E-state index contributed by atoms with van der Waals surface area (Å²) in [6, 6.07) is 12.4. The van der Waals surface area contributed by atoms with E-state index in [0.29, 0.717) is 17.1 Å². The molecule has 6 nitrogen and oxygen atoms in total. The van der Waals surface area contributed by atoms with Crippen LogP contribution in [0.5, 0.6) is 5.75 Å². The molecule has 0 aliphatic carbocycles. The SMILES string of the molecule is Cc1cccc(O[C@@H](C)C(=O)OCc2cc(=O)n3cc(C)ccc3n2)c1. The quantitative estimate of drug-likeness (QED) is 0.661. The van der Waals surface area contributed by atoms with E-state index in [1.54, 1.807) is 25.3 Å². The van der Waals surface area contributed by atoms with Gasteiger partial charge in [-0.25, -0.2) is 9.78 Å². The lowest BCUT2D eigenvalue weighted by atomic mass is 10.2. The van der Waals surface area contributed by atoms with E-state index in [4.69, 9.17) is 9.47 Å². The summed E-state index contributed by atoms with van der Waals surface area (Å²) in [6.07, 6.45) is 0.957. The van der Waals surface area contributed by atoms with Crippen molar-refractivity contribution in [2.75, 3.05) is 0 Å². The van der Waals surface area contributed by atoms with Crippen LogP contribution in [0.3, 0.4) is 0 Å². The molecule has 0 saturated heterocycles. The van der Waals surface area contributed by atoms with Crippen molar-refractivity contribution in [2.45, 2.75) is 33.5 Å². The first-order chi connectivity index (χ1) is 12.4. The summed E-state index contributed by atoms with van der Waals surface area (Å²) in [5, 5.41) is 0. The largest absolute Gasteiger partial charge is 0.479 e. The van der Waals surface area contributed by atoms with E-state index in [9.17, 15) is 9.59 Å². The number of hydrogen-bond acceptors (Lipinski definition) is 5. The van der Waals surface area contributed by atoms with Crippen molar-refractivity contribution in [3.05, 3.63) is 75.8 Å². The summed E-state index contributed by atoms with van der Waals surface area (Å²) in [6.45, 7) is 5.38. The van der Waals surface area contributed by atoms with Crippen molar-refractivity contribution in [3.8, 4) is 5.75 Å². The lowest BCUT2D eigenvalue weighted by molar-refractivity contribution is -0.152. The minimum absolute atomic E-state index is 0.0834. The Morgan fingerprint density at radius 2 is 1.96 bits per heavy atom. The predicted molar refractivity (Wildman–Crippen MR) is 97.3 cm³/mol. The van der Waals surface area contributed by atoms with Crippen molar-refractivity contribution in [3.63, 3.8) is 0 Å². The monoisotopic (exact) mass is 352 g/mol. The zero-order chi connectivity index (χ0) is 18.7.